The lowest BCUT2D eigenvalue weighted by atomic mass is 10.3. The van der Waals surface area contributed by atoms with Crippen molar-refractivity contribution in [1.82, 2.24) is 4.98 Å². The second-order valence-corrected chi connectivity index (χ2v) is 6.03. The molecule has 0 bridgehead atoms. The fraction of sp³-hybridized carbons (Fsp3) is 0.182. The Balaban J connectivity index is 1.36. The molecule has 29 heavy (non-hydrogen) atoms. The molecule has 1 amide bonds. The number of carbonyl (C=O) groups excluding carboxylic acids is 1. The lowest BCUT2D eigenvalue weighted by molar-refractivity contribution is -0.118. The van der Waals surface area contributed by atoms with Gasteiger partial charge in [0.15, 0.2) is 6.61 Å². The maximum Gasteiger partial charge on any atom is 0.262 e. The molecule has 0 radical (unpaired) electrons. The highest BCUT2D eigenvalue weighted by Crippen LogP contribution is 2.17. The van der Waals surface area contributed by atoms with E-state index >= 15 is 0 Å². The molecule has 0 unspecified atom stereocenters. The fourth-order valence-corrected chi connectivity index (χ4v) is 2.45. The van der Waals surface area contributed by atoms with E-state index in [4.69, 9.17) is 14.2 Å². The standard InChI is InChI=1S/C22H23N3O4/c1-27-18-8-10-20(11-9-18)28-14-13-23-21-12-7-17(15-24-21)25-22(26)16-29-19-5-3-2-4-6-19/h2-12,15H,13-14,16H2,1H3,(H,23,24)(H,25,26). The summed E-state index contributed by atoms with van der Waals surface area (Å²) >= 11 is 0. The minimum Gasteiger partial charge on any atom is -0.497 e. The minimum atomic E-state index is -0.246. The number of nitrogens with one attached hydrogen (secondary N) is 2. The molecule has 150 valence electrons. The van der Waals surface area contributed by atoms with Gasteiger partial charge < -0.3 is 24.8 Å². The normalized spacial score (nSPS) is 10.1. The molecule has 0 aliphatic heterocycles. The number of amides is 1. The monoisotopic (exact) mass is 393 g/mol. The van der Waals surface area contributed by atoms with Crippen molar-refractivity contribution in [3.8, 4) is 17.2 Å². The number of rotatable bonds is 10. The van der Waals surface area contributed by atoms with Crippen LogP contribution in [0.25, 0.3) is 0 Å². The van der Waals surface area contributed by atoms with Crippen molar-refractivity contribution >= 4 is 17.4 Å². The quantitative estimate of drug-likeness (QED) is 0.512. The van der Waals surface area contributed by atoms with E-state index in [0.29, 0.717) is 30.4 Å². The van der Waals surface area contributed by atoms with E-state index in [2.05, 4.69) is 15.6 Å². The van der Waals surface area contributed by atoms with Crippen molar-refractivity contribution in [2.75, 3.05) is 37.5 Å². The molecule has 2 aromatic carbocycles. The highest BCUT2D eigenvalue weighted by atomic mass is 16.5. The van der Waals surface area contributed by atoms with Gasteiger partial charge in [-0.2, -0.15) is 0 Å². The Labute approximate surface area is 169 Å². The first-order valence-electron chi connectivity index (χ1n) is 9.17. The number of para-hydroxylation sites is 1. The van der Waals surface area contributed by atoms with Crippen LogP contribution in [0.1, 0.15) is 0 Å². The van der Waals surface area contributed by atoms with Gasteiger partial charge in [-0.25, -0.2) is 4.98 Å². The second kappa shape index (κ2) is 10.6. The summed E-state index contributed by atoms with van der Waals surface area (Å²) in [6.45, 7) is 1.02. The zero-order valence-electron chi connectivity index (χ0n) is 16.1. The Kier molecular flexibility index (Phi) is 7.28. The SMILES string of the molecule is COc1ccc(OCCNc2ccc(NC(=O)COc3ccccc3)cn2)cc1. The molecule has 0 spiro atoms. The molecule has 1 aromatic heterocycles. The van der Waals surface area contributed by atoms with Gasteiger partial charge in [0.05, 0.1) is 25.5 Å². The maximum absolute atomic E-state index is 12.0. The number of nitrogens with zero attached hydrogens (tertiary/aromatic N) is 1. The van der Waals surface area contributed by atoms with Gasteiger partial charge in [0.2, 0.25) is 0 Å². The molecular formula is C22H23N3O4. The summed E-state index contributed by atoms with van der Waals surface area (Å²) in [6.07, 6.45) is 1.59. The topological polar surface area (TPSA) is 81.7 Å². The minimum absolute atomic E-state index is 0.0628. The van der Waals surface area contributed by atoms with Crippen LogP contribution in [0.2, 0.25) is 0 Å². The number of aromatic nitrogens is 1. The van der Waals surface area contributed by atoms with Gasteiger partial charge >= 0.3 is 0 Å². The van der Waals surface area contributed by atoms with Crippen LogP contribution in [0.3, 0.4) is 0 Å². The van der Waals surface area contributed by atoms with Crippen molar-refractivity contribution in [1.29, 1.82) is 0 Å². The van der Waals surface area contributed by atoms with Gasteiger partial charge in [0, 0.05) is 0 Å². The summed E-state index contributed by atoms with van der Waals surface area (Å²) < 4.78 is 16.2. The first-order chi connectivity index (χ1) is 14.2. The van der Waals surface area contributed by atoms with E-state index in [-0.39, 0.29) is 12.5 Å². The Morgan fingerprint density at radius 1 is 0.897 bits per heavy atom. The summed E-state index contributed by atoms with van der Waals surface area (Å²) in [6, 6.07) is 20.2. The van der Waals surface area contributed by atoms with Gasteiger partial charge in [-0.3, -0.25) is 4.79 Å². The van der Waals surface area contributed by atoms with Crippen LogP contribution >= 0.6 is 0 Å². The number of pyridine rings is 1. The number of methoxy groups -OCH3 is 1. The van der Waals surface area contributed by atoms with Gasteiger partial charge in [-0.15, -0.1) is 0 Å². The third kappa shape index (κ3) is 6.73. The molecule has 3 aromatic rings. The van der Waals surface area contributed by atoms with Crippen LogP contribution in [0.4, 0.5) is 11.5 Å². The highest BCUT2D eigenvalue weighted by molar-refractivity contribution is 5.91. The molecular weight excluding hydrogens is 370 g/mol. The Morgan fingerprint density at radius 3 is 2.31 bits per heavy atom. The largest absolute Gasteiger partial charge is 0.497 e. The van der Waals surface area contributed by atoms with Crippen LogP contribution in [0.15, 0.2) is 72.9 Å². The molecule has 0 atom stereocenters. The van der Waals surface area contributed by atoms with Crippen molar-refractivity contribution in [2.24, 2.45) is 0 Å². The number of anilines is 2. The number of hydrogen-bond acceptors (Lipinski definition) is 6. The highest BCUT2D eigenvalue weighted by Gasteiger charge is 2.04. The van der Waals surface area contributed by atoms with Crippen LogP contribution in [-0.2, 0) is 4.79 Å². The van der Waals surface area contributed by atoms with Gasteiger partial charge in [-0.1, -0.05) is 18.2 Å². The molecule has 3 rings (SSSR count). The lowest BCUT2D eigenvalue weighted by Gasteiger charge is -2.10. The first kappa shape index (κ1) is 20.0. The predicted molar refractivity (Wildman–Crippen MR) is 112 cm³/mol. The molecule has 0 saturated carbocycles. The summed E-state index contributed by atoms with van der Waals surface area (Å²) in [7, 11) is 1.63. The van der Waals surface area contributed by atoms with Crippen LogP contribution < -0.4 is 24.8 Å². The fourth-order valence-electron chi connectivity index (χ4n) is 2.45. The predicted octanol–water partition coefficient (Wildman–Crippen LogP) is 3.60. The maximum atomic E-state index is 12.0. The Morgan fingerprint density at radius 2 is 1.62 bits per heavy atom. The Hall–Kier alpha value is -3.74. The van der Waals surface area contributed by atoms with E-state index < -0.39 is 0 Å². The van der Waals surface area contributed by atoms with Crippen molar-refractivity contribution in [3.05, 3.63) is 72.9 Å². The summed E-state index contributed by atoms with van der Waals surface area (Å²) in [5, 5.41) is 5.91. The van der Waals surface area contributed by atoms with Crippen LogP contribution in [-0.4, -0.2) is 37.8 Å². The third-order valence-electron chi connectivity index (χ3n) is 3.90. The summed E-state index contributed by atoms with van der Waals surface area (Å²) in [4.78, 5) is 16.2. The second-order valence-electron chi connectivity index (χ2n) is 6.03. The Bertz CT molecular complexity index is 884. The van der Waals surface area contributed by atoms with E-state index in [1.54, 1.807) is 37.6 Å². The first-order valence-corrected chi connectivity index (χ1v) is 9.17. The van der Waals surface area contributed by atoms with Crippen molar-refractivity contribution in [2.45, 2.75) is 0 Å². The van der Waals surface area contributed by atoms with E-state index in [0.717, 1.165) is 11.5 Å². The smallest absolute Gasteiger partial charge is 0.262 e. The molecule has 0 saturated heterocycles. The average molecular weight is 393 g/mol. The number of ether oxygens (including phenoxy) is 3. The number of carbonyl (C=O) groups is 1. The molecule has 2 N–H and O–H groups in total. The van der Waals surface area contributed by atoms with E-state index in [1.165, 1.54) is 0 Å². The van der Waals surface area contributed by atoms with Crippen molar-refractivity contribution in [3.63, 3.8) is 0 Å². The molecule has 0 fully saturated rings. The number of benzene rings is 2. The molecule has 7 nitrogen and oxygen atoms in total. The third-order valence-corrected chi connectivity index (χ3v) is 3.90. The molecule has 0 aliphatic carbocycles. The van der Waals surface area contributed by atoms with Crippen LogP contribution in [0.5, 0.6) is 17.2 Å². The van der Waals surface area contributed by atoms with Crippen molar-refractivity contribution < 1.29 is 19.0 Å². The average Bonchev–Trinajstić information content (AvgIpc) is 2.77. The zero-order chi connectivity index (χ0) is 20.3. The van der Waals surface area contributed by atoms with Gasteiger partial charge in [-0.05, 0) is 48.5 Å². The zero-order valence-corrected chi connectivity index (χ0v) is 16.1. The van der Waals surface area contributed by atoms with Gasteiger partial charge in [0.25, 0.3) is 5.91 Å². The van der Waals surface area contributed by atoms with Crippen LogP contribution in [0, 0.1) is 0 Å². The molecule has 1 heterocycles. The molecule has 7 heteroatoms. The molecule has 0 aliphatic rings. The van der Waals surface area contributed by atoms with E-state index in [9.17, 15) is 4.79 Å². The number of hydrogen-bond donors (Lipinski definition) is 2. The van der Waals surface area contributed by atoms with Gasteiger partial charge in [0.1, 0.15) is 29.7 Å². The summed E-state index contributed by atoms with van der Waals surface area (Å²) in [5.74, 6) is 2.66. The summed E-state index contributed by atoms with van der Waals surface area (Å²) in [5.41, 5.74) is 0.603. The lowest BCUT2D eigenvalue weighted by Crippen LogP contribution is -2.20. The van der Waals surface area contributed by atoms with E-state index in [1.807, 2.05) is 42.5 Å².